The molecule has 112 valence electrons. The van der Waals surface area contributed by atoms with Gasteiger partial charge in [0.25, 0.3) is 5.91 Å². The van der Waals surface area contributed by atoms with Crippen molar-refractivity contribution >= 4 is 29.0 Å². The summed E-state index contributed by atoms with van der Waals surface area (Å²) in [4.78, 5) is 27.4. The number of urea groups is 1. The monoisotopic (exact) mass is 298 g/mol. The van der Waals surface area contributed by atoms with Gasteiger partial charge in [-0.05, 0) is 37.3 Å². The Labute approximate surface area is 126 Å². The van der Waals surface area contributed by atoms with Crippen LogP contribution in [0.3, 0.4) is 0 Å². The highest BCUT2D eigenvalue weighted by Gasteiger charge is 2.23. The van der Waals surface area contributed by atoms with E-state index in [1.54, 1.807) is 49.6 Å². The number of nitrogens with one attached hydrogen (secondary N) is 3. The number of amides is 3. The zero-order valence-electron chi connectivity index (χ0n) is 11.8. The van der Waals surface area contributed by atoms with E-state index in [1.807, 2.05) is 0 Å². The normalized spacial score (nSPS) is 16.0. The van der Waals surface area contributed by atoms with Crippen LogP contribution in [0, 0.1) is 0 Å². The molecule has 1 aliphatic heterocycles. The molecule has 3 N–H and O–H groups in total. The number of rotatable bonds is 2. The predicted octanol–water partition coefficient (Wildman–Crippen LogP) is 2.44. The molecule has 0 spiro atoms. The number of benzene rings is 1. The van der Waals surface area contributed by atoms with Crippen LogP contribution in [0.1, 0.15) is 6.92 Å². The standard InChI is InChI=1S/C15H14N4O3/c1-9-14(20)19-12-7-10(4-5-13(12)22-9)17-15(21)18-11-3-2-6-16-8-11/h2-9H,1H3,(H,19,20)(H2,17,18,21). The quantitative estimate of drug-likeness (QED) is 0.794. The van der Waals surface area contributed by atoms with Gasteiger partial charge in [0.05, 0.1) is 17.6 Å². The lowest BCUT2D eigenvalue weighted by atomic mass is 10.2. The first-order valence-corrected chi connectivity index (χ1v) is 6.71. The summed E-state index contributed by atoms with van der Waals surface area (Å²) < 4.78 is 5.45. The first kappa shape index (κ1) is 13.9. The van der Waals surface area contributed by atoms with Crippen molar-refractivity contribution in [3.05, 3.63) is 42.7 Å². The fourth-order valence-electron chi connectivity index (χ4n) is 2.02. The Morgan fingerprint density at radius 1 is 1.27 bits per heavy atom. The Kier molecular flexibility index (Phi) is 3.61. The van der Waals surface area contributed by atoms with Gasteiger partial charge in [0, 0.05) is 11.9 Å². The molecule has 0 aliphatic carbocycles. The summed E-state index contributed by atoms with van der Waals surface area (Å²) in [5.41, 5.74) is 1.66. The highest BCUT2D eigenvalue weighted by atomic mass is 16.5. The molecule has 0 fully saturated rings. The van der Waals surface area contributed by atoms with Crippen molar-refractivity contribution in [1.29, 1.82) is 0 Å². The summed E-state index contributed by atoms with van der Waals surface area (Å²) in [5, 5.41) is 8.06. The van der Waals surface area contributed by atoms with E-state index in [0.717, 1.165) is 0 Å². The van der Waals surface area contributed by atoms with Crippen molar-refractivity contribution in [2.75, 3.05) is 16.0 Å². The molecule has 2 aromatic rings. The minimum absolute atomic E-state index is 0.218. The molecule has 22 heavy (non-hydrogen) atoms. The van der Waals surface area contributed by atoms with E-state index in [2.05, 4.69) is 20.9 Å². The van der Waals surface area contributed by atoms with E-state index in [1.165, 1.54) is 0 Å². The van der Waals surface area contributed by atoms with E-state index < -0.39 is 12.1 Å². The Morgan fingerprint density at radius 2 is 2.09 bits per heavy atom. The van der Waals surface area contributed by atoms with E-state index in [0.29, 0.717) is 22.8 Å². The van der Waals surface area contributed by atoms with Crippen LogP contribution in [-0.4, -0.2) is 23.0 Å². The molecule has 1 atom stereocenters. The molecule has 0 bridgehead atoms. The highest BCUT2D eigenvalue weighted by molar-refractivity contribution is 6.01. The van der Waals surface area contributed by atoms with E-state index in [9.17, 15) is 9.59 Å². The van der Waals surface area contributed by atoms with Crippen LogP contribution in [-0.2, 0) is 4.79 Å². The molecule has 0 saturated heterocycles. The molecule has 3 amide bonds. The van der Waals surface area contributed by atoms with Gasteiger partial charge < -0.3 is 20.7 Å². The zero-order valence-corrected chi connectivity index (χ0v) is 11.8. The second kappa shape index (κ2) is 5.72. The van der Waals surface area contributed by atoms with Gasteiger partial charge in [0.2, 0.25) is 0 Å². The average Bonchev–Trinajstić information content (AvgIpc) is 2.49. The largest absolute Gasteiger partial charge is 0.479 e. The number of aromatic nitrogens is 1. The van der Waals surface area contributed by atoms with Crippen LogP contribution in [0.4, 0.5) is 21.9 Å². The van der Waals surface area contributed by atoms with Crippen molar-refractivity contribution in [3.8, 4) is 5.75 Å². The number of fused-ring (bicyclic) bond motifs is 1. The molecular weight excluding hydrogens is 284 g/mol. The van der Waals surface area contributed by atoms with Crippen LogP contribution in [0.15, 0.2) is 42.7 Å². The summed E-state index contributed by atoms with van der Waals surface area (Å²) in [6.45, 7) is 1.67. The molecule has 1 aliphatic rings. The third-order valence-electron chi connectivity index (χ3n) is 3.09. The number of carbonyl (C=O) groups is 2. The maximum absolute atomic E-state index is 11.9. The third-order valence-corrected chi connectivity index (χ3v) is 3.09. The first-order chi connectivity index (χ1) is 10.6. The van der Waals surface area contributed by atoms with Gasteiger partial charge in [-0.2, -0.15) is 0 Å². The first-order valence-electron chi connectivity index (χ1n) is 6.71. The van der Waals surface area contributed by atoms with Gasteiger partial charge in [0.15, 0.2) is 6.10 Å². The van der Waals surface area contributed by atoms with E-state index in [-0.39, 0.29) is 5.91 Å². The van der Waals surface area contributed by atoms with E-state index >= 15 is 0 Å². The minimum atomic E-state index is -0.528. The topological polar surface area (TPSA) is 92.3 Å². The third kappa shape index (κ3) is 2.98. The van der Waals surface area contributed by atoms with Crippen LogP contribution in [0.25, 0.3) is 0 Å². The number of hydrogen-bond acceptors (Lipinski definition) is 4. The van der Waals surface area contributed by atoms with Crippen molar-refractivity contribution in [2.24, 2.45) is 0 Å². The Bertz CT molecular complexity index is 718. The number of hydrogen-bond donors (Lipinski definition) is 3. The smallest absolute Gasteiger partial charge is 0.323 e. The van der Waals surface area contributed by atoms with Crippen LogP contribution < -0.4 is 20.7 Å². The highest BCUT2D eigenvalue weighted by Crippen LogP contribution is 2.32. The van der Waals surface area contributed by atoms with Gasteiger partial charge in [-0.15, -0.1) is 0 Å². The summed E-state index contributed by atoms with van der Waals surface area (Å²) in [7, 11) is 0. The number of anilines is 3. The van der Waals surface area contributed by atoms with Crippen LogP contribution >= 0.6 is 0 Å². The molecule has 7 heteroatoms. The van der Waals surface area contributed by atoms with Crippen molar-refractivity contribution in [3.63, 3.8) is 0 Å². The van der Waals surface area contributed by atoms with Gasteiger partial charge in [-0.25, -0.2) is 4.79 Å². The van der Waals surface area contributed by atoms with Crippen LogP contribution in [0.2, 0.25) is 0 Å². The Balaban J connectivity index is 1.70. The Hall–Kier alpha value is -3.09. The Morgan fingerprint density at radius 3 is 2.86 bits per heavy atom. The summed E-state index contributed by atoms with van der Waals surface area (Å²) in [6.07, 6.45) is 2.64. The molecule has 1 aromatic heterocycles. The molecule has 0 radical (unpaired) electrons. The maximum Gasteiger partial charge on any atom is 0.323 e. The number of carbonyl (C=O) groups excluding carboxylic acids is 2. The van der Waals surface area contributed by atoms with Crippen LogP contribution in [0.5, 0.6) is 5.75 Å². The lowest BCUT2D eigenvalue weighted by Gasteiger charge is -2.23. The molecule has 1 unspecified atom stereocenters. The average molecular weight is 298 g/mol. The van der Waals surface area contributed by atoms with Crippen molar-refractivity contribution in [1.82, 2.24) is 4.98 Å². The lowest BCUT2D eigenvalue weighted by molar-refractivity contribution is -0.122. The minimum Gasteiger partial charge on any atom is -0.479 e. The lowest BCUT2D eigenvalue weighted by Crippen LogP contribution is -2.34. The second-order valence-corrected chi connectivity index (χ2v) is 4.78. The number of nitrogens with zero attached hydrogens (tertiary/aromatic N) is 1. The molecule has 7 nitrogen and oxygen atoms in total. The van der Waals surface area contributed by atoms with Crippen molar-refractivity contribution < 1.29 is 14.3 Å². The summed E-state index contributed by atoms with van der Waals surface area (Å²) in [6, 6.07) is 8.10. The van der Waals surface area contributed by atoms with Gasteiger partial charge >= 0.3 is 6.03 Å². The van der Waals surface area contributed by atoms with Gasteiger partial charge in [-0.1, -0.05) is 0 Å². The predicted molar refractivity (Wildman–Crippen MR) is 82.0 cm³/mol. The van der Waals surface area contributed by atoms with Gasteiger partial charge in [-0.3, -0.25) is 9.78 Å². The molecule has 1 aromatic carbocycles. The van der Waals surface area contributed by atoms with Gasteiger partial charge in [0.1, 0.15) is 5.75 Å². The summed E-state index contributed by atoms with van der Waals surface area (Å²) in [5.74, 6) is 0.356. The molecule has 0 saturated carbocycles. The molecular formula is C15H14N4O3. The number of ether oxygens (including phenoxy) is 1. The zero-order chi connectivity index (χ0) is 15.5. The molecule has 3 rings (SSSR count). The fraction of sp³-hybridized carbons (Fsp3) is 0.133. The fourth-order valence-corrected chi connectivity index (χ4v) is 2.02. The second-order valence-electron chi connectivity index (χ2n) is 4.78. The maximum atomic E-state index is 11.9. The SMILES string of the molecule is CC1Oc2ccc(NC(=O)Nc3cccnc3)cc2NC1=O. The number of pyridine rings is 1. The van der Waals surface area contributed by atoms with E-state index in [4.69, 9.17) is 4.74 Å². The van der Waals surface area contributed by atoms with Crippen molar-refractivity contribution in [2.45, 2.75) is 13.0 Å². The summed E-state index contributed by atoms with van der Waals surface area (Å²) >= 11 is 0. The molecule has 2 heterocycles.